The number of carbonyl (C=O) groups is 2. The van der Waals surface area contributed by atoms with Crippen molar-refractivity contribution in [3.63, 3.8) is 0 Å². The van der Waals surface area contributed by atoms with Crippen LogP contribution in [0.4, 0.5) is 0 Å². The van der Waals surface area contributed by atoms with Crippen molar-refractivity contribution >= 4 is 11.9 Å². The van der Waals surface area contributed by atoms with Crippen molar-refractivity contribution in [3.8, 4) is 12.1 Å². The first-order chi connectivity index (χ1) is 10.1. The number of nitrogens with one attached hydrogen (secondary N) is 1. The van der Waals surface area contributed by atoms with Crippen LogP contribution in [0.25, 0.3) is 0 Å². The molecule has 0 saturated heterocycles. The summed E-state index contributed by atoms with van der Waals surface area (Å²) >= 11 is 0. The molecule has 0 unspecified atom stereocenters. The standard InChI is InChI=1S/C15H15N3O3/c1-21-15(20)13(4-2-3-9-16)18-14(19)12-7-5-11(10-17)6-8-12/h5-8,13H,2-4H2,1H3,(H,18,19)/t13-/m0/s1. The smallest absolute Gasteiger partial charge is 0.328 e. The maximum atomic E-state index is 12.0. The molecule has 0 bridgehead atoms. The van der Waals surface area contributed by atoms with Gasteiger partial charge in [-0.1, -0.05) is 0 Å². The van der Waals surface area contributed by atoms with E-state index < -0.39 is 17.9 Å². The van der Waals surface area contributed by atoms with Crippen molar-refractivity contribution in [3.05, 3.63) is 35.4 Å². The quantitative estimate of drug-likeness (QED) is 0.630. The molecule has 0 aliphatic carbocycles. The van der Waals surface area contributed by atoms with Gasteiger partial charge >= 0.3 is 5.97 Å². The normalized spacial score (nSPS) is 10.8. The van der Waals surface area contributed by atoms with Gasteiger partial charge in [0.2, 0.25) is 0 Å². The predicted octanol–water partition coefficient (Wildman–Crippen LogP) is 1.52. The van der Waals surface area contributed by atoms with Crippen LogP contribution in [0.15, 0.2) is 24.3 Å². The first-order valence-corrected chi connectivity index (χ1v) is 6.38. The minimum atomic E-state index is -0.786. The van der Waals surface area contributed by atoms with E-state index in [1.807, 2.05) is 12.1 Å². The number of methoxy groups -OCH3 is 1. The second-order valence-corrected chi connectivity index (χ2v) is 4.29. The monoisotopic (exact) mass is 285 g/mol. The van der Waals surface area contributed by atoms with E-state index in [1.54, 1.807) is 0 Å². The average Bonchev–Trinajstić information content (AvgIpc) is 2.53. The molecule has 0 radical (unpaired) electrons. The van der Waals surface area contributed by atoms with E-state index in [2.05, 4.69) is 10.1 Å². The highest BCUT2D eigenvalue weighted by Crippen LogP contribution is 2.07. The molecule has 21 heavy (non-hydrogen) atoms. The molecule has 0 aliphatic rings. The van der Waals surface area contributed by atoms with Crippen molar-refractivity contribution in [2.24, 2.45) is 0 Å². The molecule has 1 aromatic rings. The van der Waals surface area contributed by atoms with Gasteiger partial charge in [-0.3, -0.25) is 4.79 Å². The van der Waals surface area contributed by atoms with E-state index in [0.717, 1.165) is 0 Å². The highest BCUT2D eigenvalue weighted by molar-refractivity contribution is 5.96. The lowest BCUT2D eigenvalue weighted by atomic mass is 10.1. The maximum Gasteiger partial charge on any atom is 0.328 e. The fourth-order valence-electron chi connectivity index (χ4n) is 1.71. The number of hydrogen-bond donors (Lipinski definition) is 1. The summed E-state index contributed by atoms with van der Waals surface area (Å²) in [5.74, 6) is -0.971. The minimum Gasteiger partial charge on any atom is -0.467 e. The van der Waals surface area contributed by atoms with Gasteiger partial charge in [0.05, 0.1) is 24.8 Å². The average molecular weight is 285 g/mol. The van der Waals surface area contributed by atoms with Gasteiger partial charge < -0.3 is 10.1 Å². The lowest BCUT2D eigenvalue weighted by molar-refractivity contribution is -0.143. The molecule has 108 valence electrons. The number of unbranched alkanes of at least 4 members (excludes halogenated alkanes) is 1. The molecule has 1 amide bonds. The Morgan fingerprint density at radius 2 is 1.95 bits per heavy atom. The molecule has 1 rings (SSSR count). The fourth-order valence-corrected chi connectivity index (χ4v) is 1.71. The Labute approximate surface area is 122 Å². The number of benzene rings is 1. The van der Waals surface area contributed by atoms with E-state index in [1.165, 1.54) is 31.4 Å². The summed E-state index contributed by atoms with van der Waals surface area (Å²) < 4.78 is 4.64. The van der Waals surface area contributed by atoms with E-state index in [0.29, 0.717) is 30.4 Å². The van der Waals surface area contributed by atoms with Gasteiger partial charge in [0.1, 0.15) is 6.04 Å². The molecule has 1 atom stereocenters. The number of hydrogen-bond acceptors (Lipinski definition) is 5. The Morgan fingerprint density at radius 3 is 2.48 bits per heavy atom. The fraction of sp³-hybridized carbons (Fsp3) is 0.333. The SMILES string of the molecule is COC(=O)[C@H](CCCC#N)NC(=O)c1ccc(C#N)cc1. The summed E-state index contributed by atoms with van der Waals surface area (Å²) in [4.78, 5) is 23.7. The second kappa shape index (κ2) is 8.34. The predicted molar refractivity (Wildman–Crippen MR) is 73.9 cm³/mol. The van der Waals surface area contributed by atoms with Crippen LogP contribution in [0.3, 0.4) is 0 Å². The Balaban J connectivity index is 2.72. The summed E-state index contributed by atoms with van der Waals surface area (Å²) in [6.07, 6.45) is 1.13. The van der Waals surface area contributed by atoms with Crippen LogP contribution in [0, 0.1) is 22.7 Å². The number of nitrogens with zero attached hydrogens (tertiary/aromatic N) is 2. The highest BCUT2D eigenvalue weighted by atomic mass is 16.5. The summed E-state index contributed by atoms with van der Waals surface area (Å²) in [7, 11) is 1.24. The maximum absolute atomic E-state index is 12.0. The summed E-state index contributed by atoms with van der Waals surface area (Å²) in [5.41, 5.74) is 0.799. The van der Waals surface area contributed by atoms with Crippen molar-refractivity contribution in [1.82, 2.24) is 5.32 Å². The van der Waals surface area contributed by atoms with Crippen LogP contribution in [0.2, 0.25) is 0 Å². The van der Waals surface area contributed by atoms with Gasteiger partial charge in [0, 0.05) is 12.0 Å². The molecule has 0 spiro atoms. The third-order valence-electron chi connectivity index (χ3n) is 2.85. The van der Waals surface area contributed by atoms with Crippen molar-refractivity contribution in [2.75, 3.05) is 7.11 Å². The molecule has 1 aromatic carbocycles. The zero-order valence-electron chi connectivity index (χ0n) is 11.6. The van der Waals surface area contributed by atoms with Crippen molar-refractivity contribution in [2.45, 2.75) is 25.3 Å². The number of nitriles is 2. The number of amides is 1. The van der Waals surface area contributed by atoms with E-state index >= 15 is 0 Å². The van der Waals surface area contributed by atoms with Crippen LogP contribution in [0.1, 0.15) is 35.2 Å². The number of ether oxygens (including phenoxy) is 1. The van der Waals surface area contributed by atoms with Gasteiger partial charge in [0.25, 0.3) is 5.91 Å². The Hall–Kier alpha value is -2.86. The number of esters is 1. The van der Waals surface area contributed by atoms with E-state index in [-0.39, 0.29) is 0 Å². The van der Waals surface area contributed by atoms with E-state index in [9.17, 15) is 9.59 Å². The summed E-state index contributed by atoms with van der Waals surface area (Å²) in [5, 5.41) is 19.8. The number of carbonyl (C=O) groups excluding carboxylic acids is 2. The van der Waals surface area contributed by atoms with Crippen LogP contribution in [0.5, 0.6) is 0 Å². The van der Waals surface area contributed by atoms with Gasteiger partial charge in [-0.15, -0.1) is 0 Å². The zero-order valence-corrected chi connectivity index (χ0v) is 11.6. The summed E-state index contributed by atoms with van der Waals surface area (Å²) in [6, 6.07) is 9.23. The Morgan fingerprint density at radius 1 is 1.29 bits per heavy atom. The second-order valence-electron chi connectivity index (χ2n) is 4.29. The van der Waals surface area contributed by atoms with Crippen LogP contribution in [-0.2, 0) is 9.53 Å². The molecular formula is C15H15N3O3. The van der Waals surface area contributed by atoms with Crippen LogP contribution < -0.4 is 5.32 Å². The molecular weight excluding hydrogens is 270 g/mol. The first-order valence-electron chi connectivity index (χ1n) is 6.38. The third-order valence-corrected chi connectivity index (χ3v) is 2.85. The van der Waals surface area contributed by atoms with E-state index in [4.69, 9.17) is 10.5 Å². The summed E-state index contributed by atoms with van der Waals surface area (Å²) in [6.45, 7) is 0. The van der Waals surface area contributed by atoms with Gasteiger partial charge in [-0.05, 0) is 37.1 Å². The molecule has 1 N–H and O–H groups in total. The van der Waals surface area contributed by atoms with Gasteiger partial charge in [-0.2, -0.15) is 10.5 Å². The molecule has 0 aromatic heterocycles. The lowest BCUT2D eigenvalue weighted by Gasteiger charge is -2.15. The molecule has 6 nitrogen and oxygen atoms in total. The van der Waals surface area contributed by atoms with Crippen molar-refractivity contribution < 1.29 is 14.3 Å². The third kappa shape index (κ3) is 4.96. The number of rotatable bonds is 6. The molecule has 0 saturated carbocycles. The van der Waals surface area contributed by atoms with Crippen LogP contribution >= 0.6 is 0 Å². The Bertz CT molecular complexity index is 582. The zero-order chi connectivity index (χ0) is 15.7. The van der Waals surface area contributed by atoms with Crippen molar-refractivity contribution in [1.29, 1.82) is 10.5 Å². The minimum absolute atomic E-state index is 0.306. The topological polar surface area (TPSA) is 103 Å². The molecule has 0 fully saturated rings. The van der Waals surface area contributed by atoms with Gasteiger partial charge in [0.15, 0.2) is 0 Å². The van der Waals surface area contributed by atoms with Crippen LogP contribution in [-0.4, -0.2) is 25.0 Å². The largest absolute Gasteiger partial charge is 0.467 e. The molecule has 0 heterocycles. The molecule has 6 heteroatoms. The lowest BCUT2D eigenvalue weighted by Crippen LogP contribution is -2.41. The first kappa shape index (κ1) is 16.2. The highest BCUT2D eigenvalue weighted by Gasteiger charge is 2.21. The Kier molecular flexibility index (Phi) is 6.43. The van der Waals surface area contributed by atoms with Gasteiger partial charge in [-0.25, -0.2) is 4.79 Å². The molecule has 0 aliphatic heterocycles.